The summed E-state index contributed by atoms with van der Waals surface area (Å²) in [5.74, 6) is 5.94. The van der Waals surface area contributed by atoms with E-state index in [2.05, 4.69) is 29.6 Å². The van der Waals surface area contributed by atoms with Crippen LogP contribution in [-0.4, -0.2) is 17.4 Å². The van der Waals surface area contributed by atoms with E-state index >= 15 is 0 Å². The summed E-state index contributed by atoms with van der Waals surface area (Å²) in [5, 5.41) is 3.18. The van der Waals surface area contributed by atoms with Gasteiger partial charge in [-0.15, -0.1) is 0 Å². The van der Waals surface area contributed by atoms with Gasteiger partial charge in [-0.3, -0.25) is 4.79 Å². The summed E-state index contributed by atoms with van der Waals surface area (Å²) in [5.41, 5.74) is 2.93. The number of nitrogens with two attached hydrogens (primary N) is 1. The van der Waals surface area contributed by atoms with E-state index in [9.17, 15) is 4.79 Å². The number of rotatable bonds is 4. The largest absolute Gasteiger partial charge is 0.350 e. The van der Waals surface area contributed by atoms with Crippen LogP contribution in [0.2, 0.25) is 5.02 Å². The molecule has 1 aromatic heterocycles. The van der Waals surface area contributed by atoms with Crippen LogP contribution in [0.25, 0.3) is 0 Å². The van der Waals surface area contributed by atoms with Crippen LogP contribution in [0.3, 0.4) is 0 Å². The first-order chi connectivity index (χ1) is 8.44. The maximum Gasteiger partial charge on any atom is 0.271 e. The van der Waals surface area contributed by atoms with E-state index in [1.165, 1.54) is 0 Å². The molecule has 1 aromatic rings. The van der Waals surface area contributed by atoms with Crippen molar-refractivity contribution in [3.63, 3.8) is 0 Å². The number of carbonyl (C=O) groups excluding carboxylic acids is 1. The van der Waals surface area contributed by atoms with Gasteiger partial charge >= 0.3 is 0 Å². The summed E-state index contributed by atoms with van der Waals surface area (Å²) >= 11 is 5.94. The van der Waals surface area contributed by atoms with Crippen molar-refractivity contribution in [2.24, 2.45) is 17.2 Å². The number of hydrazine groups is 1. The second-order valence-electron chi connectivity index (χ2n) is 5.27. The Morgan fingerprint density at radius 3 is 2.83 bits per heavy atom. The zero-order valence-electron chi connectivity index (χ0n) is 10.5. The van der Waals surface area contributed by atoms with E-state index in [0.717, 1.165) is 6.42 Å². The van der Waals surface area contributed by atoms with Crippen LogP contribution in [0, 0.1) is 11.3 Å². The third kappa shape index (κ3) is 2.73. The van der Waals surface area contributed by atoms with Crippen LogP contribution in [0.15, 0.2) is 12.1 Å². The first kappa shape index (κ1) is 13.1. The van der Waals surface area contributed by atoms with Crippen molar-refractivity contribution in [1.82, 2.24) is 10.3 Å². The number of anilines is 1. The van der Waals surface area contributed by atoms with Crippen molar-refractivity contribution < 1.29 is 4.79 Å². The van der Waals surface area contributed by atoms with Crippen LogP contribution >= 0.6 is 11.6 Å². The molecule has 1 atom stereocenters. The average Bonchev–Trinajstić information content (AvgIpc) is 2.95. The summed E-state index contributed by atoms with van der Waals surface area (Å²) in [4.78, 5) is 16.0. The minimum absolute atomic E-state index is 0.200. The lowest BCUT2D eigenvalue weighted by atomic mass is 10.1. The Balaban J connectivity index is 2.00. The number of aromatic nitrogens is 1. The predicted octanol–water partition coefficient (Wildman–Crippen LogP) is 1.80. The summed E-state index contributed by atoms with van der Waals surface area (Å²) in [6.07, 6.45) is 1.14. The van der Waals surface area contributed by atoms with Gasteiger partial charge in [0.15, 0.2) is 0 Å². The first-order valence-electron chi connectivity index (χ1n) is 5.85. The van der Waals surface area contributed by atoms with Crippen molar-refractivity contribution in [3.05, 3.63) is 22.8 Å². The predicted molar refractivity (Wildman–Crippen MR) is 71.3 cm³/mol. The molecule has 18 heavy (non-hydrogen) atoms. The van der Waals surface area contributed by atoms with Crippen LogP contribution in [-0.2, 0) is 0 Å². The topological polar surface area (TPSA) is 80.0 Å². The molecular weight excluding hydrogens is 252 g/mol. The van der Waals surface area contributed by atoms with E-state index in [-0.39, 0.29) is 11.6 Å². The van der Waals surface area contributed by atoms with Gasteiger partial charge < -0.3 is 10.7 Å². The molecule has 1 saturated carbocycles. The highest BCUT2D eigenvalue weighted by Crippen LogP contribution is 2.50. The number of hydrogen-bond acceptors (Lipinski definition) is 4. The Kier molecular flexibility index (Phi) is 3.45. The fourth-order valence-corrected chi connectivity index (χ4v) is 2.10. The molecule has 5 nitrogen and oxygen atoms in total. The van der Waals surface area contributed by atoms with Gasteiger partial charge in [0.25, 0.3) is 5.91 Å². The van der Waals surface area contributed by atoms with Crippen LogP contribution in [0.4, 0.5) is 5.82 Å². The van der Waals surface area contributed by atoms with Crippen LogP contribution in [0.1, 0.15) is 30.8 Å². The molecule has 6 heteroatoms. The number of halogens is 1. The highest BCUT2D eigenvalue weighted by molar-refractivity contribution is 6.33. The fourth-order valence-electron chi connectivity index (χ4n) is 1.91. The van der Waals surface area contributed by atoms with Crippen molar-refractivity contribution in [3.8, 4) is 0 Å². The van der Waals surface area contributed by atoms with Crippen LogP contribution < -0.4 is 16.6 Å². The van der Waals surface area contributed by atoms with Crippen molar-refractivity contribution in [1.29, 1.82) is 0 Å². The smallest absolute Gasteiger partial charge is 0.271 e. The number of pyridine rings is 1. The van der Waals surface area contributed by atoms with Gasteiger partial charge in [0.1, 0.15) is 11.5 Å². The maximum atomic E-state index is 12.0. The third-order valence-electron chi connectivity index (χ3n) is 3.44. The Hall–Kier alpha value is -1.33. The molecule has 4 N–H and O–H groups in total. The van der Waals surface area contributed by atoms with E-state index in [0.29, 0.717) is 28.7 Å². The molecule has 0 spiro atoms. The number of nitrogens with one attached hydrogen (secondary N) is 2. The standard InChI is InChI=1S/C12H17ClN4O/c1-12(2)5-7(12)6-15-11(18)10-8(13)3-4-9(16-10)17-14/h3-4,7H,5-6,14H2,1-2H3,(H,15,18)(H,16,17). The highest BCUT2D eigenvalue weighted by Gasteiger charge is 2.45. The lowest BCUT2D eigenvalue weighted by Crippen LogP contribution is -2.28. The molecule has 0 aliphatic heterocycles. The van der Waals surface area contributed by atoms with Gasteiger partial charge in [-0.05, 0) is 29.9 Å². The maximum absolute atomic E-state index is 12.0. The normalized spacial score (nSPS) is 20.3. The Morgan fingerprint density at radius 1 is 1.61 bits per heavy atom. The molecule has 1 unspecified atom stereocenters. The average molecular weight is 269 g/mol. The second kappa shape index (κ2) is 4.74. The van der Waals surface area contributed by atoms with E-state index in [4.69, 9.17) is 17.4 Å². The number of nitrogens with zero attached hydrogens (tertiary/aromatic N) is 1. The van der Waals surface area contributed by atoms with Crippen molar-refractivity contribution in [2.45, 2.75) is 20.3 Å². The fraction of sp³-hybridized carbons (Fsp3) is 0.500. The number of amides is 1. The Labute approximate surface area is 111 Å². The Morgan fingerprint density at radius 2 is 2.28 bits per heavy atom. The van der Waals surface area contributed by atoms with E-state index < -0.39 is 0 Å². The van der Waals surface area contributed by atoms with Gasteiger partial charge in [0.2, 0.25) is 0 Å². The SMILES string of the molecule is CC1(C)CC1CNC(=O)c1nc(NN)ccc1Cl. The monoisotopic (exact) mass is 268 g/mol. The molecule has 1 aliphatic carbocycles. The van der Waals surface area contributed by atoms with E-state index in [1.807, 2.05) is 0 Å². The molecule has 98 valence electrons. The number of nitrogen functional groups attached to an aromatic ring is 1. The molecule has 0 aromatic carbocycles. The number of carbonyl (C=O) groups is 1. The van der Waals surface area contributed by atoms with Crippen LogP contribution in [0.5, 0.6) is 0 Å². The first-order valence-corrected chi connectivity index (χ1v) is 6.23. The summed E-state index contributed by atoms with van der Waals surface area (Å²) in [7, 11) is 0. The molecule has 1 fully saturated rings. The van der Waals surface area contributed by atoms with Gasteiger partial charge in [-0.25, -0.2) is 10.8 Å². The summed E-state index contributed by atoms with van der Waals surface area (Å²) < 4.78 is 0. The van der Waals surface area contributed by atoms with Gasteiger partial charge in [0.05, 0.1) is 5.02 Å². The lowest BCUT2D eigenvalue weighted by Gasteiger charge is -2.08. The van der Waals surface area contributed by atoms with Crippen molar-refractivity contribution in [2.75, 3.05) is 12.0 Å². The zero-order valence-corrected chi connectivity index (χ0v) is 11.2. The quantitative estimate of drug-likeness (QED) is 0.575. The molecule has 1 aliphatic rings. The minimum Gasteiger partial charge on any atom is -0.350 e. The molecule has 2 rings (SSSR count). The lowest BCUT2D eigenvalue weighted by molar-refractivity contribution is 0.0946. The third-order valence-corrected chi connectivity index (χ3v) is 3.74. The molecule has 0 saturated heterocycles. The molecule has 0 bridgehead atoms. The molecule has 1 heterocycles. The van der Waals surface area contributed by atoms with Gasteiger partial charge in [0, 0.05) is 6.54 Å². The van der Waals surface area contributed by atoms with Gasteiger partial charge in [-0.2, -0.15) is 0 Å². The summed E-state index contributed by atoms with van der Waals surface area (Å²) in [6.45, 7) is 5.03. The minimum atomic E-state index is -0.264. The van der Waals surface area contributed by atoms with Crippen molar-refractivity contribution >= 4 is 23.3 Å². The highest BCUT2D eigenvalue weighted by atomic mass is 35.5. The number of hydrogen-bond donors (Lipinski definition) is 3. The molecule has 1 amide bonds. The van der Waals surface area contributed by atoms with Gasteiger partial charge in [-0.1, -0.05) is 25.4 Å². The summed E-state index contributed by atoms with van der Waals surface area (Å²) in [6, 6.07) is 3.21. The Bertz CT molecular complexity index is 475. The van der Waals surface area contributed by atoms with E-state index in [1.54, 1.807) is 12.1 Å². The molecular formula is C12H17ClN4O. The molecule has 0 radical (unpaired) electrons. The second-order valence-corrected chi connectivity index (χ2v) is 5.68. The zero-order chi connectivity index (χ0) is 13.3.